The van der Waals surface area contributed by atoms with Crippen molar-refractivity contribution < 1.29 is 18.9 Å². The molecule has 1 fully saturated rings. The zero-order chi connectivity index (χ0) is 9.78. The van der Waals surface area contributed by atoms with Crippen LogP contribution in [0.1, 0.15) is 0 Å². The molecule has 0 saturated carbocycles. The van der Waals surface area contributed by atoms with Crippen LogP contribution in [-0.2, 0) is 18.9 Å². The largest absolute Gasteiger partial charge is 0.373 e. The van der Waals surface area contributed by atoms with E-state index in [1.807, 2.05) is 0 Å². The summed E-state index contributed by atoms with van der Waals surface area (Å²) in [6, 6.07) is 0. The molecule has 0 N–H and O–H groups in total. The Kier molecular flexibility index (Phi) is 10.7. The quantitative estimate of drug-likeness (QED) is 0.492. The molecule has 1 aliphatic heterocycles. The Morgan fingerprint density at radius 1 is 0.923 bits per heavy atom. The number of hydrogen-bond donors (Lipinski definition) is 0. The van der Waals surface area contributed by atoms with Gasteiger partial charge in [0.2, 0.25) is 0 Å². The minimum Gasteiger partial charge on any atom is -0.373 e. The molecule has 1 saturated heterocycles. The third-order valence-electron chi connectivity index (χ3n) is 0.971. The molecular formula is C9H16O4. The predicted octanol–water partition coefficient (Wildman–Crippen LogP) is 1.30. The molecular weight excluding hydrogens is 172 g/mol. The molecule has 76 valence electrons. The van der Waals surface area contributed by atoms with E-state index in [-0.39, 0.29) is 0 Å². The highest BCUT2D eigenvalue weighted by atomic mass is 16.8. The fourth-order valence-corrected chi connectivity index (χ4v) is 0.514. The fraction of sp³-hybridized carbons (Fsp3) is 0.556. The molecule has 0 unspecified atom stereocenters. The van der Waals surface area contributed by atoms with Gasteiger partial charge in [0.25, 0.3) is 0 Å². The average molecular weight is 188 g/mol. The molecule has 0 aromatic heterocycles. The second-order valence-electron chi connectivity index (χ2n) is 2.08. The summed E-state index contributed by atoms with van der Waals surface area (Å²) in [6.45, 7) is 9.31. The summed E-state index contributed by atoms with van der Waals surface area (Å²) in [7, 11) is 0. The van der Waals surface area contributed by atoms with E-state index in [4.69, 9.17) is 4.74 Å². The monoisotopic (exact) mass is 188 g/mol. The average Bonchev–Trinajstić information content (AvgIpc) is 2.22. The van der Waals surface area contributed by atoms with E-state index in [0.717, 1.165) is 0 Å². The van der Waals surface area contributed by atoms with E-state index in [1.54, 1.807) is 12.2 Å². The van der Waals surface area contributed by atoms with Gasteiger partial charge in [0.15, 0.2) is 20.4 Å². The summed E-state index contributed by atoms with van der Waals surface area (Å²) in [5.41, 5.74) is 0. The normalized spacial score (nSPS) is 15.4. The Hall–Kier alpha value is -0.680. The lowest BCUT2D eigenvalue weighted by Gasteiger charge is -2.10. The standard InChI is InChI=1S/C6H10O.C3H6O3/c1-3-5-7-6-4-2;1-4-2-6-3-5-1/h3-4H,1-2,5-6H2;1-3H2. The van der Waals surface area contributed by atoms with Crippen molar-refractivity contribution >= 4 is 0 Å². The van der Waals surface area contributed by atoms with Crippen LogP contribution in [0.25, 0.3) is 0 Å². The van der Waals surface area contributed by atoms with E-state index in [0.29, 0.717) is 33.6 Å². The van der Waals surface area contributed by atoms with Crippen LogP contribution < -0.4 is 0 Å². The first kappa shape index (κ1) is 12.3. The molecule has 4 heteroatoms. The molecule has 0 radical (unpaired) electrons. The molecule has 1 heterocycles. The SMILES string of the molecule is C1OCOCO1.C=CCOCC=C. The summed E-state index contributed by atoms with van der Waals surface area (Å²) in [4.78, 5) is 0. The third kappa shape index (κ3) is 11.3. The van der Waals surface area contributed by atoms with Gasteiger partial charge in [0, 0.05) is 0 Å². The second-order valence-corrected chi connectivity index (χ2v) is 2.08. The van der Waals surface area contributed by atoms with Crippen LogP contribution in [0.2, 0.25) is 0 Å². The minimum absolute atomic E-state index is 0.375. The Balaban J connectivity index is 0.000000223. The van der Waals surface area contributed by atoms with Crippen molar-refractivity contribution in [2.75, 3.05) is 33.6 Å². The van der Waals surface area contributed by atoms with Gasteiger partial charge < -0.3 is 18.9 Å². The molecule has 0 spiro atoms. The first-order chi connectivity index (χ1) is 6.41. The molecule has 0 aromatic rings. The topological polar surface area (TPSA) is 36.9 Å². The summed E-state index contributed by atoms with van der Waals surface area (Å²) in [5, 5.41) is 0. The molecule has 0 amide bonds. The van der Waals surface area contributed by atoms with Crippen molar-refractivity contribution in [3.05, 3.63) is 25.3 Å². The first-order valence-corrected chi connectivity index (χ1v) is 3.94. The van der Waals surface area contributed by atoms with Crippen molar-refractivity contribution in [2.45, 2.75) is 0 Å². The van der Waals surface area contributed by atoms with Gasteiger partial charge in [-0.05, 0) is 0 Å². The van der Waals surface area contributed by atoms with Crippen molar-refractivity contribution in [1.82, 2.24) is 0 Å². The maximum atomic E-state index is 4.90. The molecule has 13 heavy (non-hydrogen) atoms. The molecule has 1 rings (SSSR count). The van der Waals surface area contributed by atoms with Gasteiger partial charge in [-0.25, -0.2) is 0 Å². The smallest absolute Gasteiger partial charge is 0.152 e. The summed E-state index contributed by atoms with van der Waals surface area (Å²) in [6.07, 6.45) is 3.42. The third-order valence-corrected chi connectivity index (χ3v) is 0.971. The zero-order valence-corrected chi connectivity index (χ0v) is 7.74. The van der Waals surface area contributed by atoms with Crippen LogP contribution >= 0.6 is 0 Å². The van der Waals surface area contributed by atoms with Gasteiger partial charge >= 0.3 is 0 Å². The van der Waals surface area contributed by atoms with Gasteiger partial charge in [-0.3, -0.25) is 0 Å². The molecule has 0 aromatic carbocycles. The number of hydrogen-bond acceptors (Lipinski definition) is 4. The highest BCUT2D eigenvalue weighted by Crippen LogP contribution is 1.87. The zero-order valence-electron chi connectivity index (χ0n) is 7.74. The highest BCUT2D eigenvalue weighted by molar-refractivity contribution is 4.68. The van der Waals surface area contributed by atoms with Crippen LogP contribution in [0.5, 0.6) is 0 Å². The van der Waals surface area contributed by atoms with E-state index in [9.17, 15) is 0 Å². The van der Waals surface area contributed by atoms with Gasteiger partial charge in [0.1, 0.15) is 0 Å². The van der Waals surface area contributed by atoms with Crippen LogP contribution in [-0.4, -0.2) is 33.6 Å². The molecule has 4 nitrogen and oxygen atoms in total. The minimum atomic E-state index is 0.375. The Morgan fingerprint density at radius 2 is 1.31 bits per heavy atom. The van der Waals surface area contributed by atoms with Crippen LogP contribution in [0.3, 0.4) is 0 Å². The lowest BCUT2D eigenvalue weighted by Crippen LogP contribution is -2.14. The van der Waals surface area contributed by atoms with E-state index in [1.165, 1.54) is 0 Å². The molecule has 1 aliphatic rings. The summed E-state index contributed by atoms with van der Waals surface area (Å²) < 4.78 is 18.8. The van der Waals surface area contributed by atoms with Crippen molar-refractivity contribution in [1.29, 1.82) is 0 Å². The Labute approximate surface area is 78.7 Å². The van der Waals surface area contributed by atoms with E-state index in [2.05, 4.69) is 27.4 Å². The number of ether oxygens (including phenoxy) is 4. The highest BCUT2D eigenvalue weighted by Gasteiger charge is 1.93. The van der Waals surface area contributed by atoms with Gasteiger partial charge in [-0.1, -0.05) is 12.2 Å². The summed E-state index contributed by atoms with van der Waals surface area (Å²) in [5.74, 6) is 0. The second kappa shape index (κ2) is 11.3. The fourth-order valence-electron chi connectivity index (χ4n) is 0.514. The van der Waals surface area contributed by atoms with Gasteiger partial charge in [-0.2, -0.15) is 0 Å². The number of rotatable bonds is 4. The Morgan fingerprint density at radius 3 is 1.54 bits per heavy atom. The molecule has 0 atom stereocenters. The maximum absolute atomic E-state index is 4.90. The van der Waals surface area contributed by atoms with Crippen LogP contribution in [0.15, 0.2) is 25.3 Å². The van der Waals surface area contributed by atoms with Crippen LogP contribution in [0.4, 0.5) is 0 Å². The van der Waals surface area contributed by atoms with E-state index >= 15 is 0 Å². The van der Waals surface area contributed by atoms with Crippen molar-refractivity contribution in [3.63, 3.8) is 0 Å². The van der Waals surface area contributed by atoms with Gasteiger partial charge in [-0.15, -0.1) is 13.2 Å². The molecule has 0 bridgehead atoms. The summed E-state index contributed by atoms with van der Waals surface area (Å²) >= 11 is 0. The van der Waals surface area contributed by atoms with Crippen molar-refractivity contribution in [2.24, 2.45) is 0 Å². The van der Waals surface area contributed by atoms with Gasteiger partial charge in [0.05, 0.1) is 13.2 Å². The van der Waals surface area contributed by atoms with Crippen LogP contribution in [0, 0.1) is 0 Å². The van der Waals surface area contributed by atoms with E-state index < -0.39 is 0 Å². The first-order valence-electron chi connectivity index (χ1n) is 3.94. The predicted molar refractivity (Wildman–Crippen MR) is 49.1 cm³/mol. The lowest BCUT2D eigenvalue weighted by atomic mass is 10.6. The maximum Gasteiger partial charge on any atom is 0.152 e. The lowest BCUT2D eigenvalue weighted by molar-refractivity contribution is -0.247. The molecule has 0 aliphatic carbocycles. The Bertz CT molecular complexity index is 101. The van der Waals surface area contributed by atoms with Crippen molar-refractivity contribution in [3.8, 4) is 0 Å².